The summed E-state index contributed by atoms with van der Waals surface area (Å²) in [5.74, 6) is -0.0412. The molecule has 0 bridgehead atoms. The minimum absolute atomic E-state index is 0.186. The number of likely N-dealkylation sites (N-methyl/N-ethyl adjacent to an activating group) is 1. The summed E-state index contributed by atoms with van der Waals surface area (Å²) in [6.07, 6.45) is 4.67. The average Bonchev–Trinajstić information content (AvgIpc) is 2.67. The Balaban J connectivity index is 1.84. The SMILES string of the molecule is CN(CC(=O)N1CCCCCC1)Cc1cccc(F)c1. The molecule has 1 heterocycles. The van der Waals surface area contributed by atoms with E-state index in [4.69, 9.17) is 0 Å². The number of rotatable bonds is 4. The van der Waals surface area contributed by atoms with Gasteiger partial charge in [-0.1, -0.05) is 25.0 Å². The molecule has 3 nitrogen and oxygen atoms in total. The van der Waals surface area contributed by atoms with E-state index in [1.54, 1.807) is 6.07 Å². The fourth-order valence-corrected chi connectivity index (χ4v) is 2.65. The van der Waals surface area contributed by atoms with Crippen molar-refractivity contribution in [2.24, 2.45) is 0 Å². The molecule has 0 atom stereocenters. The second-order valence-electron chi connectivity index (χ2n) is 5.60. The maximum absolute atomic E-state index is 13.1. The molecule has 4 heteroatoms. The van der Waals surface area contributed by atoms with Gasteiger partial charge in [-0.2, -0.15) is 0 Å². The van der Waals surface area contributed by atoms with Crippen LogP contribution in [0.2, 0.25) is 0 Å². The lowest BCUT2D eigenvalue weighted by Crippen LogP contribution is -2.39. The molecule has 2 rings (SSSR count). The third-order valence-corrected chi connectivity index (χ3v) is 3.71. The molecule has 1 aromatic rings. The predicted molar refractivity (Wildman–Crippen MR) is 77.8 cm³/mol. The summed E-state index contributed by atoms with van der Waals surface area (Å²) in [7, 11) is 1.90. The molecule has 20 heavy (non-hydrogen) atoms. The van der Waals surface area contributed by atoms with Crippen molar-refractivity contribution in [3.05, 3.63) is 35.6 Å². The molecule has 0 N–H and O–H groups in total. The number of halogens is 1. The molecule has 0 aliphatic carbocycles. The van der Waals surface area contributed by atoms with Gasteiger partial charge in [0.25, 0.3) is 0 Å². The highest BCUT2D eigenvalue weighted by Crippen LogP contribution is 2.11. The van der Waals surface area contributed by atoms with Gasteiger partial charge in [0.2, 0.25) is 5.91 Å². The summed E-state index contributed by atoms with van der Waals surface area (Å²) in [4.78, 5) is 16.1. The van der Waals surface area contributed by atoms with Gasteiger partial charge in [-0.25, -0.2) is 4.39 Å². The lowest BCUT2D eigenvalue weighted by atomic mass is 10.2. The first-order chi connectivity index (χ1) is 9.65. The van der Waals surface area contributed by atoms with Crippen LogP contribution in [-0.2, 0) is 11.3 Å². The van der Waals surface area contributed by atoms with Gasteiger partial charge in [-0.05, 0) is 37.6 Å². The minimum Gasteiger partial charge on any atom is -0.342 e. The fraction of sp³-hybridized carbons (Fsp3) is 0.562. The summed E-state index contributed by atoms with van der Waals surface area (Å²) in [5.41, 5.74) is 0.899. The highest BCUT2D eigenvalue weighted by molar-refractivity contribution is 5.78. The standard InChI is InChI=1S/C16H23FN2O/c1-18(12-14-7-6-8-15(17)11-14)13-16(20)19-9-4-2-3-5-10-19/h6-8,11H,2-5,9-10,12-13H2,1H3. The maximum Gasteiger partial charge on any atom is 0.236 e. The Bertz CT molecular complexity index is 442. The van der Waals surface area contributed by atoms with Crippen molar-refractivity contribution >= 4 is 5.91 Å². The third kappa shape index (κ3) is 4.60. The Kier molecular flexibility index (Phi) is 5.53. The van der Waals surface area contributed by atoms with Crippen molar-refractivity contribution in [1.82, 2.24) is 9.80 Å². The summed E-state index contributed by atoms with van der Waals surface area (Å²) in [6, 6.07) is 6.55. The van der Waals surface area contributed by atoms with Crippen LogP contribution in [0.4, 0.5) is 4.39 Å². The van der Waals surface area contributed by atoms with Crippen molar-refractivity contribution in [3.8, 4) is 0 Å². The molecule has 1 saturated heterocycles. The number of carbonyl (C=O) groups is 1. The van der Waals surface area contributed by atoms with Gasteiger partial charge in [0.05, 0.1) is 6.54 Å². The molecule has 110 valence electrons. The van der Waals surface area contributed by atoms with E-state index in [1.165, 1.54) is 25.0 Å². The molecule has 1 aromatic carbocycles. The van der Waals surface area contributed by atoms with E-state index in [9.17, 15) is 9.18 Å². The topological polar surface area (TPSA) is 23.6 Å². The molecule has 1 aliphatic heterocycles. The lowest BCUT2D eigenvalue weighted by molar-refractivity contribution is -0.132. The largest absolute Gasteiger partial charge is 0.342 e. The maximum atomic E-state index is 13.1. The molecule has 0 unspecified atom stereocenters. The smallest absolute Gasteiger partial charge is 0.236 e. The van der Waals surface area contributed by atoms with Crippen LogP contribution in [0.25, 0.3) is 0 Å². The van der Waals surface area contributed by atoms with Crippen LogP contribution in [0, 0.1) is 5.82 Å². The Labute approximate surface area is 120 Å². The molecule has 0 saturated carbocycles. The van der Waals surface area contributed by atoms with E-state index in [-0.39, 0.29) is 11.7 Å². The first-order valence-corrected chi connectivity index (χ1v) is 7.36. The molecule has 0 radical (unpaired) electrons. The number of carbonyl (C=O) groups excluding carboxylic acids is 1. The van der Waals surface area contributed by atoms with Crippen LogP contribution < -0.4 is 0 Å². The Hall–Kier alpha value is -1.42. The highest BCUT2D eigenvalue weighted by Gasteiger charge is 2.17. The lowest BCUT2D eigenvalue weighted by Gasteiger charge is -2.24. The number of benzene rings is 1. The van der Waals surface area contributed by atoms with E-state index >= 15 is 0 Å². The van der Waals surface area contributed by atoms with Gasteiger partial charge in [0, 0.05) is 19.6 Å². The van der Waals surface area contributed by atoms with Gasteiger partial charge < -0.3 is 4.90 Å². The number of hydrogen-bond donors (Lipinski definition) is 0. The van der Waals surface area contributed by atoms with E-state index in [0.29, 0.717) is 13.1 Å². The summed E-state index contributed by atoms with van der Waals surface area (Å²) >= 11 is 0. The predicted octanol–water partition coefficient (Wildman–Crippen LogP) is 2.66. The number of hydrogen-bond acceptors (Lipinski definition) is 2. The van der Waals surface area contributed by atoms with Crippen molar-refractivity contribution in [1.29, 1.82) is 0 Å². The van der Waals surface area contributed by atoms with E-state index in [2.05, 4.69) is 0 Å². The third-order valence-electron chi connectivity index (χ3n) is 3.71. The van der Waals surface area contributed by atoms with Crippen molar-refractivity contribution < 1.29 is 9.18 Å². The van der Waals surface area contributed by atoms with Crippen molar-refractivity contribution in [2.75, 3.05) is 26.7 Å². The summed E-state index contributed by atoms with van der Waals surface area (Å²) < 4.78 is 13.1. The van der Waals surface area contributed by atoms with Crippen LogP contribution in [0.5, 0.6) is 0 Å². The monoisotopic (exact) mass is 278 g/mol. The molecule has 1 amide bonds. The van der Waals surface area contributed by atoms with Crippen molar-refractivity contribution in [2.45, 2.75) is 32.2 Å². The average molecular weight is 278 g/mol. The number of likely N-dealkylation sites (tertiary alicyclic amines) is 1. The molecule has 1 aliphatic rings. The number of amides is 1. The Morgan fingerprint density at radius 2 is 1.95 bits per heavy atom. The molecular weight excluding hydrogens is 255 g/mol. The zero-order valence-electron chi connectivity index (χ0n) is 12.1. The molecule has 0 aromatic heterocycles. The quantitative estimate of drug-likeness (QED) is 0.845. The Morgan fingerprint density at radius 3 is 2.60 bits per heavy atom. The summed E-state index contributed by atoms with van der Waals surface area (Å²) in [5, 5.41) is 0. The van der Waals surface area contributed by atoms with E-state index < -0.39 is 0 Å². The van der Waals surface area contributed by atoms with Crippen LogP contribution in [0.1, 0.15) is 31.2 Å². The van der Waals surface area contributed by atoms with Gasteiger partial charge >= 0.3 is 0 Å². The minimum atomic E-state index is -0.227. The second kappa shape index (κ2) is 7.39. The van der Waals surface area contributed by atoms with E-state index in [1.807, 2.05) is 22.9 Å². The van der Waals surface area contributed by atoms with Crippen LogP contribution in [0.15, 0.2) is 24.3 Å². The van der Waals surface area contributed by atoms with Crippen LogP contribution in [-0.4, -0.2) is 42.4 Å². The normalized spacial score (nSPS) is 16.2. The van der Waals surface area contributed by atoms with Crippen LogP contribution >= 0.6 is 0 Å². The summed E-state index contributed by atoms with van der Waals surface area (Å²) in [6.45, 7) is 2.76. The highest BCUT2D eigenvalue weighted by atomic mass is 19.1. The zero-order chi connectivity index (χ0) is 14.4. The first-order valence-electron chi connectivity index (χ1n) is 7.36. The number of nitrogens with zero attached hydrogens (tertiary/aromatic N) is 2. The zero-order valence-corrected chi connectivity index (χ0v) is 12.1. The molecule has 1 fully saturated rings. The van der Waals surface area contributed by atoms with Gasteiger partial charge in [0.15, 0.2) is 0 Å². The van der Waals surface area contributed by atoms with Crippen molar-refractivity contribution in [3.63, 3.8) is 0 Å². The first kappa shape index (κ1) is 15.0. The van der Waals surface area contributed by atoms with Gasteiger partial charge in [-0.15, -0.1) is 0 Å². The van der Waals surface area contributed by atoms with E-state index in [0.717, 1.165) is 31.5 Å². The second-order valence-corrected chi connectivity index (χ2v) is 5.60. The van der Waals surface area contributed by atoms with Gasteiger partial charge in [0.1, 0.15) is 5.82 Å². The molecule has 0 spiro atoms. The van der Waals surface area contributed by atoms with Crippen LogP contribution in [0.3, 0.4) is 0 Å². The fourth-order valence-electron chi connectivity index (χ4n) is 2.65. The molecular formula is C16H23FN2O. The Morgan fingerprint density at radius 1 is 1.25 bits per heavy atom. The van der Waals surface area contributed by atoms with Gasteiger partial charge in [-0.3, -0.25) is 9.69 Å².